The lowest BCUT2D eigenvalue weighted by Gasteiger charge is -2.17. The van der Waals surface area contributed by atoms with Gasteiger partial charge in [-0.05, 0) is 56.4 Å². The van der Waals surface area contributed by atoms with Gasteiger partial charge in [-0.3, -0.25) is 0 Å². The van der Waals surface area contributed by atoms with Crippen LogP contribution < -0.4 is 4.74 Å². The lowest BCUT2D eigenvalue weighted by Crippen LogP contribution is -2.16. The zero-order valence-electron chi connectivity index (χ0n) is 17.7. The van der Waals surface area contributed by atoms with E-state index in [4.69, 9.17) is 32.7 Å². The molecule has 0 bridgehead atoms. The number of cyclic esters (lactones) is 1. The van der Waals surface area contributed by atoms with Crippen LogP contribution in [0.1, 0.15) is 73.4 Å². The summed E-state index contributed by atoms with van der Waals surface area (Å²) in [5.74, 6) is -0.244. The highest BCUT2D eigenvalue weighted by Crippen LogP contribution is 2.32. The SMILES string of the molecule is CC1CCCCCCCC=Cc2cc(OCc3ccc(Cl)cc3Cl)cc(O)c2C(=O)O1. The third kappa shape index (κ3) is 6.91. The van der Waals surface area contributed by atoms with Crippen molar-refractivity contribution in [3.8, 4) is 11.5 Å². The van der Waals surface area contributed by atoms with Crippen molar-refractivity contribution >= 4 is 35.2 Å². The third-order valence-corrected chi connectivity index (χ3v) is 5.91. The molecule has 0 amide bonds. The minimum atomic E-state index is -0.519. The second-order valence-corrected chi connectivity index (χ2v) is 8.74. The van der Waals surface area contributed by atoms with E-state index in [1.807, 2.05) is 19.1 Å². The normalized spacial score (nSPS) is 18.0. The Morgan fingerprint density at radius 2 is 1.87 bits per heavy atom. The van der Waals surface area contributed by atoms with Gasteiger partial charge in [0, 0.05) is 21.7 Å². The van der Waals surface area contributed by atoms with Crippen molar-refractivity contribution in [3.05, 3.63) is 63.1 Å². The number of phenolic OH excluding ortho intramolecular Hbond substituents is 1. The number of benzene rings is 2. The van der Waals surface area contributed by atoms with Crippen molar-refractivity contribution in [2.24, 2.45) is 0 Å². The maximum absolute atomic E-state index is 12.8. The average molecular weight is 463 g/mol. The van der Waals surface area contributed by atoms with Crippen molar-refractivity contribution in [3.63, 3.8) is 0 Å². The van der Waals surface area contributed by atoms with Gasteiger partial charge in [-0.1, -0.05) is 60.7 Å². The van der Waals surface area contributed by atoms with Crippen LogP contribution in [0.2, 0.25) is 10.0 Å². The summed E-state index contributed by atoms with van der Waals surface area (Å²) in [5, 5.41) is 11.7. The van der Waals surface area contributed by atoms with Gasteiger partial charge >= 0.3 is 5.97 Å². The van der Waals surface area contributed by atoms with Crippen molar-refractivity contribution in [1.29, 1.82) is 0 Å². The van der Waals surface area contributed by atoms with Crippen LogP contribution in [0.5, 0.6) is 11.5 Å². The molecule has 0 saturated heterocycles. The van der Waals surface area contributed by atoms with Crippen molar-refractivity contribution in [2.45, 2.75) is 64.6 Å². The number of rotatable bonds is 3. The molecule has 0 aliphatic carbocycles. The number of hydrogen-bond donors (Lipinski definition) is 1. The standard InChI is InChI=1S/C25H28Cl2O4/c1-17-9-7-5-3-2-4-6-8-10-18-13-21(15-23(28)24(18)25(29)31-17)30-16-19-11-12-20(26)14-22(19)27/h8,10-15,17,28H,2-7,9,16H2,1H3. The molecule has 0 saturated carbocycles. The molecule has 1 N–H and O–H groups in total. The fraction of sp³-hybridized carbons (Fsp3) is 0.400. The first-order chi connectivity index (χ1) is 14.9. The van der Waals surface area contributed by atoms with E-state index in [9.17, 15) is 9.90 Å². The molecule has 1 heterocycles. The van der Waals surface area contributed by atoms with E-state index in [1.165, 1.54) is 18.9 Å². The summed E-state index contributed by atoms with van der Waals surface area (Å²) in [6, 6.07) is 8.37. The number of carbonyl (C=O) groups is 1. The van der Waals surface area contributed by atoms with E-state index >= 15 is 0 Å². The molecule has 0 aromatic heterocycles. The topological polar surface area (TPSA) is 55.8 Å². The molecular weight excluding hydrogens is 435 g/mol. The van der Waals surface area contributed by atoms with Crippen LogP contribution in [0.3, 0.4) is 0 Å². The summed E-state index contributed by atoms with van der Waals surface area (Å²) in [6.07, 6.45) is 11.1. The lowest BCUT2D eigenvalue weighted by atomic mass is 10.0. The minimum Gasteiger partial charge on any atom is -0.507 e. The van der Waals surface area contributed by atoms with Crippen LogP contribution in [-0.4, -0.2) is 17.2 Å². The number of aromatic hydroxyl groups is 1. The van der Waals surface area contributed by atoms with Crippen molar-refractivity contribution in [1.82, 2.24) is 0 Å². The highest BCUT2D eigenvalue weighted by molar-refractivity contribution is 6.35. The first-order valence-corrected chi connectivity index (χ1v) is 11.5. The quantitative estimate of drug-likeness (QED) is 0.477. The molecule has 4 nitrogen and oxygen atoms in total. The van der Waals surface area contributed by atoms with E-state index in [0.717, 1.165) is 37.7 Å². The van der Waals surface area contributed by atoms with Gasteiger partial charge in [-0.25, -0.2) is 4.79 Å². The fourth-order valence-corrected chi connectivity index (χ4v) is 4.06. The second kappa shape index (κ2) is 11.4. The number of halogens is 2. The molecule has 0 radical (unpaired) electrons. The van der Waals surface area contributed by atoms with Crippen LogP contribution in [0.15, 0.2) is 36.4 Å². The van der Waals surface area contributed by atoms with Crippen LogP contribution in [0, 0.1) is 0 Å². The van der Waals surface area contributed by atoms with E-state index in [2.05, 4.69) is 0 Å². The molecule has 3 rings (SSSR count). The van der Waals surface area contributed by atoms with Crippen molar-refractivity contribution < 1.29 is 19.4 Å². The zero-order chi connectivity index (χ0) is 22.2. The van der Waals surface area contributed by atoms with Crippen LogP contribution in [-0.2, 0) is 11.3 Å². The molecule has 2 aromatic carbocycles. The molecule has 6 heteroatoms. The highest BCUT2D eigenvalue weighted by Gasteiger charge is 2.21. The number of fused-ring (bicyclic) bond motifs is 1. The Morgan fingerprint density at radius 1 is 1.10 bits per heavy atom. The number of allylic oxidation sites excluding steroid dienone is 1. The number of esters is 1. The van der Waals surface area contributed by atoms with Gasteiger partial charge in [0.1, 0.15) is 23.7 Å². The van der Waals surface area contributed by atoms with Gasteiger partial charge in [0.2, 0.25) is 0 Å². The molecule has 0 fully saturated rings. The first kappa shape index (κ1) is 23.5. The maximum atomic E-state index is 12.8. The predicted molar refractivity (Wildman–Crippen MR) is 125 cm³/mol. The number of phenols is 1. The largest absolute Gasteiger partial charge is 0.507 e. The maximum Gasteiger partial charge on any atom is 0.342 e. The monoisotopic (exact) mass is 462 g/mol. The van der Waals surface area contributed by atoms with E-state index < -0.39 is 5.97 Å². The number of carbonyl (C=O) groups excluding carboxylic acids is 1. The number of hydrogen-bond acceptors (Lipinski definition) is 4. The Labute approximate surface area is 193 Å². The van der Waals surface area contributed by atoms with Gasteiger partial charge < -0.3 is 14.6 Å². The molecule has 1 aliphatic heterocycles. The summed E-state index contributed by atoms with van der Waals surface area (Å²) in [7, 11) is 0. The molecule has 2 aromatic rings. The first-order valence-electron chi connectivity index (χ1n) is 10.8. The van der Waals surface area contributed by atoms with Crippen LogP contribution >= 0.6 is 23.2 Å². The molecule has 0 spiro atoms. The van der Waals surface area contributed by atoms with Crippen molar-refractivity contribution in [2.75, 3.05) is 0 Å². The Balaban J connectivity index is 1.85. The van der Waals surface area contributed by atoms with Gasteiger partial charge in [-0.2, -0.15) is 0 Å². The second-order valence-electron chi connectivity index (χ2n) is 7.89. The molecule has 1 aliphatic rings. The van der Waals surface area contributed by atoms with Crippen LogP contribution in [0.25, 0.3) is 6.08 Å². The van der Waals surface area contributed by atoms with Gasteiger partial charge in [0.05, 0.1) is 6.10 Å². The Morgan fingerprint density at radius 3 is 2.68 bits per heavy atom. The summed E-state index contributed by atoms with van der Waals surface area (Å²) >= 11 is 12.2. The van der Waals surface area contributed by atoms with Gasteiger partial charge in [0.25, 0.3) is 0 Å². The Bertz CT molecular complexity index is 939. The fourth-order valence-electron chi connectivity index (χ4n) is 3.59. The summed E-state index contributed by atoms with van der Waals surface area (Å²) in [6.45, 7) is 2.10. The van der Waals surface area contributed by atoms with E-state index in [1.54, 1.807) is 24.3 Å². The molecule has 1 unspecified atom stereocenters. The Kier molecular flexibility index (Phi) is 8.68. The summed E-state index contributed by atoms with van der Waals surface area (Å²) < 4.78 is 11.4. The van der Waals surface area contributed by atoms with Gasteiger partial charge in [0.15, 0.2) is 0 Å². The summed E-state index contributed by atoms with van der Waals surface area (Å²) in [4.78, 5) is 12.8. The van der Waals surface area contributed by atoms with E-state index in [-0.39, 0.29) is 24.0 Å². The minimum absolute atomic E-state index is 0.163. The average Bonchev–Trinajstić information content (AvgIpc) is 2.71. The lowest BCUT2D eigenvalue weighted by molar-refractivity contribution is 0.0316. The third-order valence-electron chi connectivity index (χ3n) is 5.32. The van der Waals surface area contributed by atoms with E-state index in [0.29, 0.717) is 21.4 Å². The smallest absolute Gasteiger partial charge is 0.342 e. The zero-order valence-corrected chi connectivity index (χ0v) is 19.2. The highest BCUT2D eigenvalue weighted by atomic mass is 35.5. The summed E-state index contributed by atoms with van der Waals surface area (Å²) in [5.41, 5.74) is 1.51. The molecule has 31 heavy (non-hydrogen) atoms. The molecule has 1 atom stereocenters. The van der Waals surface area contributed by atoms with Gasteiger partial charge in [-0.15, -0.1) is 0 Å². The molecular formula is C25H28Cl2O4. The predicted octanol–water partition coefficient (Wildman–Crippen LogP) is 7.58. The number of ether oxygens (including phenoxy) is 2. The molecule has 166 valence electrons. The Hall–Kier alpha value is -2.17. The van der Waals surface area contributed by atoms with Crippen LogP contribution in [0.4, 0.5) is 0 Å².